The molecule has 0 unspecified atom stereocenters. The van der Waals surface area contributed by atoms with Crippen molar-refractivity contribution in [3.8, 4) is 0 Å². The summed E-state index contributed by atoms with van der Waals surface area (Å²) in [5, 5.41) is 18.9. The summed E-state index contributed by atoms with van der Waals surface area (Å²) in [6.45, 7) is 0. The van der Waals surface area contributed by atoms with Crippen molar-refractivity contribution in [2.24, 2.45) is 0 Å². The maximum absolute atomic E-state index is 14.0. The van der Waals surface area contributed by atoms with Gasteiger partial charge in [0.05, 0.1) is 34.1 Å². The highest BCUT2D eigenvalue weighted by molar-refractivity contribution is 6.14. The summed E-state index contributed by atoms with van der Waals surface area (Å²) < 4.78 is 0. The number of hydrogen-bond acceptors (Lipinski definition) is 6. The number of carbonyl (C=O) groups is 3. The molecule has 9 heteroatoms. The molecule has 0 saturated carbocycles. The topological polar surface area (TPSA) is 123 Å². The second kappa shape index (κ2) is 16.6. The third-order valence-corrected chi connectivity index (χ3v) is 8.40. The van der Waals surface area contributed by atoms with Crippen LogP contribution in [0.1, 0.15) is 31.1 Å². The summed E-state index contributed by atoms with van der Waals surface area (Å²) in [7, 11) is 0. The summed E-state index contributed by atoms with van der Waals surface area (Å²) in [5.41, 5.74) is 6.49. The average molecular weight is 709 g/mol. The fraction of sp³-hybridized carbons (Fsp3) is 0. The molecule has 0 aliphatic heterocycles. The minimum atomic E-state index is -0.502. The van der Waals surface area contributed by atoms with Gasteiger partial charge in [-0.2, -0.15) is 0 Å². The number of carbonyl (C=O) groups excluding carboxylic acids is 3. The molecular weight excluding hydrogens is 673 g/mol. The van der Waals surface area contributed by atoms with E-state index < -0.39 is 17.7 Å². The van der Waals surface area contributed by atoms with E-state index in [4.69, 9.17) is 0 Å². The predicted molar refractivity (Wildman–Crippen MR) is 219 cm³/mol. The van der Waals surface area contributed by atoms with Crippen LogP contribution in [0.2, 0.25) is 0 Å². The number of hydrogen-bond donors (Lipinski definition) is 6. The maximum Gasteiger partial charge on any atom is 0.255 e. The molecule has 0 atom stereocenters. The highest BCUT2D eigenvalue weighted by atomic mass is 16.2. The molecule has 3 amide bonds. The highest BCUT2D eigenvalue weighted by Gasteiger charge is 2.19. The molecule has 0 bridgehead atoms. The molecule has 7 rings (SSSR count). The minimum absolute atomic E-state index is 0.119. The van der Waals surface area contributed by atoms with Gasteiger partial charge in [0, 0.05) is 33.8 Å². The van der Waals surface area contributed by atoms with E-state index in [2.05, 4.69) is 31.9 Å². The molecule has 264 valence electrons. The van der Waals surface area contributed by atoms with Crippen LogP contribution in [0.15, 0.2) is 182 Å². The Morgan fingerprint density at radius 2 is 0.500 bits per heavy atom. The first kappa shape index (κ1) is 34.8. The van der Waals surface area contributed by atoms with Crippen molar-refractivity contribution in [2.75, 3.05) is 31.9 Å². The van der Waals surface area contributed by atoms with Gasteiger partial charge >= 0.3 is 0 Å². The van der Waals surface area contributed by atoms with Gasteiger partial charge in [-0.1, -0.05) is 91.0 Å². The molecule has 0 aliphatic carbocycles. The molecule has 0 spiro atoms. The van der Waals surface area contributed by atoms with Crippen molar-refractivity contribution < 1.29 is 14.4 Å². The molecule has 0 heterocycles. The number of para-hydroxylation sites is 9. The molecule has 0 aliphatic rings. The van der Waals surface area contributed by atoms with E-state index in [1.807, 2.05) is 146 Å². The van der Waals surface area contributed by atoms with Crippen LogP contribution in [0.3, 0.4) is 0 Å². The van der Waals surface area contributed by atoms with E-state index >= 15 is 0 Å². The summed E-state index contributed by atoms with van der Waals surface area (Å²) >= 11 is 0. The summed E-state index contributed by atoms with van der Waals surface area (Å²) in [5.74, 6) is -1.50. The standard InChI is InChI=1S/C45H36N6O3/c52-43(49-40-25-13-10-22-37(40)46-34-16-4-1-5-17-34)31-28-32(44(53)50-41-26-14-11-23-38(41)47-35-18-6-2-7-19-35)30-33(29-31)45(54)51-42-27-15-12-24-39(42)48-36-20-8-3-9-21-36/h1-30,46-48H,(H,49,52)(H,50,53)(H,51,54). The fourth-order valence-corrected chi connectivity index (χ4v) is 5.74. The summed E-state index contributed by atoms with van der Waals surface area (Å²) in [6, 6.07) is 55.2. The molecule has 9 nitrogen and oxygen atoms in total. The molecule has 7 aromatic rings. The van der Waals surface area contributed by atoms with Gasteiger partial charge in [0.25, 0.3) is 17.7 Å². The number of anilines is 9. The van der Waals surface area contributed by atoms with E-state index in [0.29, 0.717) is 34.1 Å². The van der Waals surface area contributed by atoms with Crippen LogP contribution >= 0.6 is 0 Å². The first-order chi connectivity index (χ1) is 26.5. The van der Waals surface area contributed by atoms with Gasteiger partial charge < -0.3 is 31.9 Å². The fourth-order valence-electron chi connectivity index (χ4n) is 5.74. The van der Waals surface area contributed by atoms with Crippen molar-refractivity contribution in [3.05, 3.63) is 199 Å². The zero-order valence-electron chi connectivity index (χ0n) is 29.0. The Balaban J connectivity index is 1.20. The maximum atomic E-state index is 14.0. The molecule has 0 aromatic heterocycles. The third-order valence-electron chi connectivity index (χ3n) is 8.40. The highest BCUT2D eigenvalue weighted by Crippen LogP contribution is 2.29. The lowest BCUT2D eigenvalue weighted by atomic mass is 10.0. The van der Waals surface area contributed by atoms with Crippen LogP contribution in [-0.4, -0.2) is 17.7 Å². The van der Waals surface area contributed by atoms with E-state index in [9.17, 15) is 14.4 Å². The lowest BCUT2D eigenvalue weighted by Gasteiger charge is -2.16. The molecule has 0 saturated heterocycles. The van der Waals surface area contributed by atoms with Gasteiger partial charge in [0.15, 0.2) is 0 Å². The van der Waals surface area contributed by atoms with Crippen molar-refractivity contribution in [2.45, 2.75) is 0 Å². The van der Waals surface area contributed by atoms with Crippen molar-refractivity contribution in [3.63, 3.8) is 0 Å². The second-order valence-corrected chi connectivity index (χ2v) is 12.3. The normalized spacial score (nSPS) is 10.4. The zero-order valence-corrected chi connectivity index (χ0v) is 29.0. The number of benzene rings is 7. The van der Waals surface area contributed by atoms with E-state index in [1.165, 1.54) is 18.2 Å². The van der Waals surface area contributed by atoms with E-state index in [0.717, 1.165) is 17.1 Å². The molecule has 7 aromatic carbocycles. The van der Waals surface area contributed by atoms with Crippen molar-refractivity contribution in [1.82, 2.24) is 0 Å². The van der Waals surface area contributed by atoms with Gasteiger partial charge in [-0.25, -0.2) is 0 Å². The lowest BCUT2D eigenvalue weighted by molar-refractivity contribution is 0.102. The average Bonchev–Trinajstić information content (AvgIpc) is 3.21. The van der Waals surface area contributed by atoms with Gasteiger partial charge in [0.2, 0.25) is 0 Å². The zero-order chi connectivity index (χ0) is 37.1. The van der Waals surface area contributed by atoms with Gasteiger partial charge in [-0.05, 0) is 91.0 Å². The molecule has 54 heavy (non-hydrogen) atoms. The smallest absolute Gasteiger partial charge is 0.255 e. The Bertz CT molecular complexity index is 2120. The van der Waals surface area contributed by atoms with E-state index in [1.54, 1.807) is 18.2 Å². The first-order valence-corrected chi connectivity index (χ1v) is 17.3. The Labute approximate surface area is 313 Å². The van der Waals surface area contributed by atoms with Crippen LogP contribution in [-0.2, 0) is 0 Å². The van der Waals surface area contributed by atoms with Crippen molar-refractivity contribution >= 4 is 68.9 Å². The van der Waals surface area contributed by atoms with Gasteiger partial charge in [-0.15, -0.1) is 0 Å². The molecular formula is C45H36N6O3. The molecule has 0 fully saturated rings. The Hall–Kier alpha value is -7.65. The van der Waals surface area contributed by atoms with Crippen LogP contribution in [0.25, 0.3) is 0 Å². The number of nitrogens with one attached hydrogen (secondary N) is 6. The van der Waals surface area contributed by atoms with Crippen molar-refractivity contribution in [1.29, 1.82) is 0 Å². The Morgan fingerprint density at radius 1 is 0.278 bits per heavy atom. The quantitative estimate of drug-likeness (QED) is 0.0751. The molecule has 6 N–H and O–H groups in total. The van der Waals surface area contributed by atoms with Gasteiger partial charge in [-0.3, -0.25) is 14.4 Å². The number of rotatable bonds is 12. The predicted octanol–water partition coefficient (Wildman–Crippen LogP) is 10.7. The van der Waals surface area contributed by atoms with Gasteiger partial charge in [0.1, 0.15) is 0 Å². The number of amides is 3. The minimum Gasteiger partial charge on any atom is -0.354 e. The van der Waals surface area contributed by atoms with Crippen LogP contribution in [0, 0.1) is 0 Å². The van der Waals surface area contributed by atoms with Crippen LogP contribution in [0.4, 0.5) is 51.2 Å². The Kier molecular flexibility index (Phi) is 10.7. The summed E-state index contributed by atoms with van der Waals surface area (Å²) in [6.07, 6.45) is 0. The van der Waals surface area contributed by atoms with E-state index in [-0.39, 0.29) is 16.7 Å². The lowest BCUT2D eigenvalue weighted by Crippen LogP contribution is -2.20. The van der Waals surface area contributed by atoms with Crippen LogP contribution < -0.4 is 31.9 Å². The third kappa shape index (κ3) is 8.79. The Morgan fingerprint density at radius 3 is 0.759 bits per heavy atom. The summed E-state index contributed by atoms with van der Waals surface area (Å²) in [4.78, 5) is 41.9. The largest absolute Gasteiger partial charge is 0.354 e. The SMILES string of the molecule is O=C(Nc1ccccc1Nc1ccccc1)c1cc(C(=O)Nc2ccccc2Nc2ccccc2)cc(C(=O)Nc2ccccc2Nc2ccccc2)c1. The second-order valence-electron chi connectivity index (χ2n) is 12.3. The first-order valence-electron chi connectivity index (χ1n) is 17.3. The monoisotopic (exact) mass is 708 g/mol. The van der Waals surface area contributed by atoms with Crippen LogP contribution in [0.5, 0.6) is 0 Å². The molecule has 0 radical (unpaired) electrons.